The van der Waals surface area contributed by atoms with Crippen LogP contribution in [-0.2, 0) is 19.4 Å². The second-order valence-corrected chi connectivity index (χ2v) is 8.10. The van der Waals surface area contributed by atoms with Gasteiger partial charge in [0.05, 0.1) is 27.2 Å². The fourth-order valence-electron chi connectivity index (χ4n) is 4.33. The van der Waals surface area contributed by atoms with E-state index in [2.05, 4.69) is 39.4 Å². The zero-order chi connectivity index (χ0) is 21.5. The normalized spacial score (nSPS) is 16.9. The summed E-state index contributed by atoms with van der Waals surface area (Å²) in [6.07, 6.45) is 6.48. The van der Waals surface area contributed by atoms with Gasteiger partial charge in [-0.15, -0.1) is 10.2 Å². The first kappa shape index (κ1) is 21.4. The maximum Gasteiger partial charge on any atom is 0.230 e. The highest BCUT2D eigenvalue weighted by atomic mass is 16.5. The van der Waals surface area contributed by atoms with Crippen molar-refractivity contribution >= 4 is 0 Å². The van der Waals surface area contributed by atoms with Crippen LogP contribution in [0.5, 0.6) is 11.5 Å². The Morgan fingerprint density at radius 2 is 1.74 bits per heavy atom. The average molecular weight is 422 g/mol. The van der Waals surface area contributed by atoms with E-state index in [1.807, 2.05) is 24.3 Å². The Labute approximate surface area is 184 Å². The van der Waals surface area contributed by atoms with E-state index in [4.69, 9.17) is 13.9 Å². The lowest BCUT2D eigenvalue weighted by molar-refractivity contribution is 0.120. The van der Waals surface area contributed by atoms with Gasteiger partial charge in [0, 0.05) is 6.04 Å². The lowest BCUT2D eigenvalue weighted by atomic mass is 9.95. The highest BCUT2D eigenvalue weighted by Crippen LogP contribution is 2.29. The topological polar surface area (TPSA) is 60.6 Å². The van der Waals surface area contributed by atoms with E-state index in [0.717, 1.165) is 37.4 Å². The minimum absolute atomic E-state index is 0.520. The molecular formula is C25H31N3O3. The molecule has 1 unspecified atom stereocenters. The van der Waals surface area contributed by atoms with Crippen molar-refractivity contribution in [3.05, 3.63) is 71.4 Å². The van der Waals surface area contributed by atoms with Gasteiger partial charge in [-0.3, -0.25) is 4.90 Å². The van der Waals surface area contributed by atoms with Crippen LogP contribution < -0.4 is 9.47 Å². The van der Waals surface area contributed by atoms with Crippen LogP contribution >= 0.6 is 0 Å². The fraction of sp³-hybridized carbons (Fsp3) is 0.440. The predicted molar refractivity (Wildman–Crippen MR) is 119 cm³/mol. The number of benzene rings is 2. The number of likely N-dealkylation sites (tertiary alicyclic amines) is 1. The molecule has 0 saturated carbocycles. The Hall–Kier alpha value is -2.86. The van der Waals surface area contributed by atoms with Gasteiger partial charge >= 0.3 is 0 Å². The molecule has 0 spiro atoms. The molecule has 4 rings (SSSR count). The molecule has 6 heteroatoms. The first-order valence-electron chi connectivity index (χ1n) is 11.1. The maximum absolute atomic E-state index is 5.96. The lowest BCUT2D eigenvalue weighted by Gasteiger charge is -2.34. The molecule has 0 N–H and O–H groups in total. The largest absolute Gasteiger partial charge is 0.493 e. The van der Waals surface area contributed by atoms with Crippen LogP contribution in [0.25, 0.3) is 0 Å². The highest BCUT2D eigenvalue weighted by molar-refractivity contribution is 5.42. The van der Waals surface area contributed by atoms with E-state index in [1.165, 1.54) is 30.4 Å². The van der Waals surface area contributed by atoms with Crippen molar-refractivity contribution in [2.45, 2.75) is 51.1 Å². The Morgan fingerprint density at radius 1 is 0.935 bits per heavy atom. The standard InChI is InChI=1S/C25H31N3O3/c1-29-22-14-12-20(16-23(22)30-2)11-13-21-10-6-7-15-28(21)18-25-27-26-24(31-25)17-19-8-4-3-5-9-19/h3-5,8-9,12,14,16,21H,6-7,10-11,13,15,17-18H2,1-2H3. The molecule has 0 amide bonds. The minimum Gasteiger partial charge on any atom is -0.493 e. The molecule has 1 saturated heterocycles. The van der Waals surface area contributed by atoms with Crippen LogP contribution in [0.15, 0.2) is 52.9 Å². The van der Waals surface area contributed by atoms with Gasteiger partial charge in [-0.1, -0.05) is 42.8 Å². The van der Waals surface area contributed by atoms with Gasteiger partial charge in [-0.25, -0.2) is 0 Å². The summed E-state index contributed by atoms with van der Waals surface area (Å²) < 4.78 is 16.8. The third-order valence-corrected chi connectivity index (χ3v) is 6.01. The maximum atomic E-state index is 5.96. The molecule has 0 aliphatic carbocycles. The van der Waals surface area contributed by atoms with Gasteiger partial charge in [0.1, 0.15) is 0 Å². The van der Waals surface area contributed by atoms with Gasteiger partial charge in [0.2, 0.25) is 11.8 Å². The minimum atomic E-state index is 0.520. The van der Waals surface area contributed by atoms with Crippen molar-refractivity contribution in [1.82, 2.24) is 15.1 Å². The van der Waals surface area contributed by atoms with Crippen molar-refractivity contribution in [2.24, 2.45) is 0 Å². The van der Waals surface area contributed by atoms with Gasteiger partial charge < -0.3 is 13.9 Å². The zero-order valence-corrected chi connectivity index (χ0v) is 18.4. The number of methoxy groups -OCH3 is 2. The third-order valence-electron chi connectivity index (χ3n) is 6.01. The first-order chi connectivity index (χ1) is 15.2. The van der Waals surface area contributed by atoms with E-state index in [1.54, 1.807) is 14.2 Å². The van der Waals surface area contributed by atoms with Crippen LogP contribution in [0.4, 0.5) is 0 Å². The van der Waals surface area contributed by atoms with E-state index in [0.29, 0.717) is 24.2 Å². The van der Waals surface area contributed by atoms with E-state index < -0.39 is 0 Å². The number of piperidine rings is 1. The van der Waals surface area contributed by atoms with Gasteiger partial charge in [-0.2, -0.15) is 0 Å². The summed E-state index contributed by atoms with van der Waals surface area (Å²) in [6, 6.07) is 17.0. The van der Waals surface area contributed by atoms with Crippen molar-refractivity contribution < 1.29 is 13.9 Å². The Bertz CT molecular complexity index is 958. The zero-order valence-electron chi connectivity index (χ0n) is 18.4. The Kier molecular flexibility index (Phi) is 7.20. The molecule has 2 heterocycles. The number of hydrogen-bond donors (Lipinski definition) is 0. The molecule has 1 atom stereocenters. The lowest BCUT2D eigenvalue weighted by Crippen LogP contribution is -2.39. The molecule has 0 bridgehead atoms. The number of aryl methyl sites for hydroxylation is 1. The van der Waals surface area contributed by atoms with E-state index in [-0.39, 0.29) is 0 Å². The van der Waals surface area contributed by atoms with Gasteiger partial charge in [-0.05, 0) is 55.5 Å². The molecule has 2 aromatic carbocycles. The summed E-state index contributed by atoms with van der Waals surface area (Å²) >= 11 is 0. The molecule has 164 valence electrons. The van der Waals surface area contributed by atoms with Crippen molar-refractivity contribution in [3.63, 3.8) is 0 Å². The predicted octanol–water partition coefficient (Wildman–Crippen LogP) is 4.66. The van der Waals surface area contributed by atoms with Crippen LogP contribution in [0.2, 0.25) is 0 Å². The van der Waals surface area contributed by atoms with Crippen molar-refractivity contribution in [1.29, 1.82) is 0 Å². The molecule has 3 aromatic rings. The van der Waals surface area contributed by atoms with Crippen LogP contribution in [-0.4, -0.2) is 41.9 Å². The molecule has 0 radical (unpaired) electrons. The van der Waals surface area contributed by atoms with Crippen LogP contribution in [0.3, 0.4) is 0 Å². The quantitative estimate of drug-likeness (QED) is 0.501. The Balaban J connectivity index is 1.36. The molecule has 6 nitrogen and oxygen atoms in total. The average Bonchev–Trinajstić information content (AvgIpc) is 3.25. The summed E-state index contributed by atoms with van der Waals surface area (Å²) in [6.45, 7) is 1.80. The highest BCUT2D eigenvalue weighted by Gasteiger charge is 2.24. The number of hydrogen-bond acceptors (Lipinski definition) is 6. The van der Waals surface area contributed by atoms with Gasteiger partial charge in [0.15, 0.2) is 11.5 Å². The van der Waals surface area contributed by atoms with Crippen LogP contribution in [0, 0.1) is 0 Å². The smallest absolute Gasteiger partial charge is 0.230 e. The molecule has 1 aromatic heterocycles. The summed E-state index contributed by atoms with van der Waals surface area (Å²) in [5.74, 6) is 2.95. The number of ether oxygens (including phenoxy) is 2. The molecule has 1 aliphatic heterocycles. The van der Waals surface area contributed by atoms with Gasteiger partial charge in [0.25, 0.3) is 0 Å². The monoisotopic (exact) mass is 421 g/mol. The van der Waals surface area contributed by atoms with E-state index >= 15 is 0 Å². The van der Waals surface area contributed by atoms with Crippen molar-refractivity contribution in [2.75, 3.05) is 20.8 Å². The molecular weight excluding hydrogens is 390 g/mol. The molecule has 1 fully saturated rings. The SMILES string of the molecule is COc1ccc(CCC2CCCCN2Cc2nnc(Cc3ccccc3)o2)cc1OC. The molecule has 31 heavy (non-hydrogen) atoms. The third kappa shape index (κ3) is 5.64. The summed E-state index contributed by atoms with van der Waals surface area (Å²) in [5, 5.41) is 8.57. The summed E-state index contributed by atoms with van der Waals surface area (Å²) in [5.41, 5.74) is 2.45. The second-order valence-electron chi connectivity index (χ2n) is 8.10. The number of aromatic nitrogens is 2. The Morgan fingerprint density at radius 3 is 2.55 bits per heavy atom. The second kappa shape index (κ2) is 10.4. The fourth-order valence-corrected chi connectivity index (χ4v) is 4.33. The molecule has 1 aliphatic rings. The number of rotatable bonds is 9. The van der Waals surface area contributed by atoms with Crippen molar-refractivity contribution in [3.8, 4) is 11.5 Å². The van der Waals surface area contributed by atoms with E-state index in [9.17, 15) is 0 Å². The number of nitrogens with zero attached hydrogens (tertiary/aromatic N) is 3. The summed E-state index contributed by atoms with van der Waals surface area (Å²) in [7, 11) is 3.35. The van der Waals surface area contributed by atoms with Crippen LogP contribution in [0.1, 0.15) is 48.6 Å². The summed E-state index contributed by atoms with van der Waals surface area (Å²) in [4.78, 5) is 2.50. The first-order valence-corrected chi connectivity index (χ1v) is 11.1.